The van der Waals surface area contributed by atoms with E-state index in [1.165, 1.54) is 0 Å². The molecule has 5 rings (SSSR count). The summed E-state index contributed by atoms with van der Waals surface area (Å²) in [5.74, 6) is 0.861. The summed E-state index contributed by atoms with van der Waals surface area (Å²) in [4.78, 5) is 29.7. The summed E-state index contributed by atoms with van der Waals surface area (Å²) in [7, 11) is 0. The van der Waals surface area contributed by atoms with Crippen LogP contribution in [-0.2, 0) is 9.53 Å². The third kappa shape index (κ3) is 4.89. The monoisotopic (exact) mass is 447 g/mol. The molecule has 2 N–H and O–H groups in total. The Bertz CT molecular complexity index is 1110. The summed E-state index contributed by atoms with van der Waals surface area (Å²) in [6.07, 6.45) is 3.49. The molecule has 9 nitrogen and oxygen atoms in total. The maximum absolute atomic E-state index is 11.6. The minimum absolute atomic E-state index is 0.0960. The number of aromatic nitrogens is 3. The predicted molar refractivity (Wildman–Crippen MR) is 128 cm³/mol. The SMILES string of the molecule is CC(=O)N1CCN(c2ccc(-c3cc4nccnc4c(NC[C@@H]4CNCCO4)n3)cc2)CC1. The molecule has 1 aromatic carbocycles. The fourth-order valence-corrected chi connectivity index (χ4v) is 4.33. The van der Waals surface area contributed by atoms with Gasteiger partial charge in [-0.15, -0.1) is 0 Å². The van der Waals surface area contributed by atoms with Crippen LogP contribution in [-0.4, -0.2) is 84.3 Å². The van der Waals surface area contributed by atoms with Gasteiger partial charge in [-0.05, 0) is 18.2 Å². The summed E-state index contributed by atoms with van der Waals surface area (Å²) in [5, 5.41) is 6.77. The first-order valence-electron chi connectivity index (χ1n) is 11.5. The van der Waals surface area contributed by atoms with Gasteiger partial charge in [0.25, 0.3) is 0 Å². The summed E-state index contributed by atoms with van der Waals surface area (Å²) in [6, 6.07) is 10.4. The number of benzene rings is 1. The number of hydrogen-bond acceptors (Lipinski definition) is 8. The van der Waals surface area contributed by atoms with Gasteiger partial charge < -0.3 is 25.2 Å². The van der Waals surface area contributed by atoms with Crippen LogP contribution in [0.1, 0.15) is 6.92 Å². The van der Waals surface area contributed by atoms with Crippen molar-refractivity contribution in [3.8, 4) is 11.3 Å². The number of carbonyl (C=O) groups excluding carboxylic acids is 1. The number of hydrogen-bond donors (Lipinski definition) is 2. The Morgan fingerprint density at radius 1 is 1.15 bits per heavy atom. The van der Waals surface area contributed by atoms with Gasteiger partial charge in [0.2, 0.25) is 5.91 Å². The Kier molecular flexibility index (Phi) is 6.32. The number of amides is 1. The van der Waals surface area contributed by atoms with Gasteiger partial charge in [-0.2, -0.15) is 0 Å². The van der Waals surface area contributed by atoms with E-state index in [2.05, 4.69) is 49.8 Å². The molecule has 4 heterocycles. The van der Waals surface area contributed by atoms with E-state index in [0.717, 1.165) is 73.9 Å². The maximum atomic E-state index is 11.6. The first-order valence-corrected chi connectivity index (χ1v) is 11.5. The second-order valence-corrected chi connectivity index (χ2v) is 8.40. The Morgan fingerprint density at radius 3 is 2.67 bits per heavy atom. The van der Waals surface area contributed by atoms with Gasteiger partial charge in [-0.3, -0.25) is 9.78 Å². The number of anilines is 2. The van der Waals surface area contributed by atoms with Crippen LogP contribution in [0.15, 0.2) is 42.7 Å². The minimum atomic E-state index is 0.0960. The fourth-order valence-electron chi connectivity index (χ4n) is 4.33. The highest BCUT2D eigenvalue weighted by Gasteiger charge is 2.19. The van der Waals surface area contributed by atoms with Crippen LogP contribution >= 0.6 is 0 Å². The molecule has 2 aromatic heterocycles. The van der Waals surface area contributed by atoms with Gasteiger partial charge in [0.15, 0.2) is 5.82 Å². The zero-order valence-electron chi connectivity index (χ0n) is 18.8. The predicted octanol–water partition coefficient (Wildman–Crippen LogP) is 1.76. The quantitative estimate of drug-likeness (QED) is 0.611. The standard InChI is InChI=1S/C24H29N7O2/c1-17(32)30-9-11-31(12-10-30)19-4-2-18(3-5-19)21-14-22-23(27-7-6-26-22)24(29-21)28-16-20-15-25-8-13-33-20/h2-7,14,20,25H,8-13,15-16H2,1H3,(H,28,29)/t20-/m0/s1. The first-order chi connectivity index (χ1) is 16.2. The summed E-state index contributed by atoms with van der Waals surface area (Å²) in [6.45, 7) is 7.92. The van der Waals surface area contributed by atoms with Crippen LogP contribution in [0.25, 0.3) is 22.3 Å². The van der Waals surface area contributed by atoms with Gasteiger partial charge in [0, 0.05) is 76.4 Å². The van der Waals surface area contributed by atoms with Crippen LogP contribution in [0.5, 0.6) is 0 Å². The lowest BCUT2D eigenvalue weighted by molar-refractivity contribution is -0.129. The largest absolute Gasteiger partial charge is 0.374 e. The van der Waals surface area contributed by atoms with Gasteiger partial charge in [0.1, 0.15) is 5.52 Å². The number of ether oxygens (including phenoxy) is 1. The molecule has 33 heavy (non-hydrogen) atoms. The number of piperazine rings is 1. The van der Waals surface area contributed by atoms with Crippen molar-refractivity contribution < 1.29 is 9.53 Å². The average Bonchev–Trinajstić information content (AvgIpc) is 2.88. The molecule has 1 atom stereocenters. The van der Waals surface area contributed by atoms with Crippen molar-refractivity contribution in [1.82, 2.24) is 25.2 Å². The number of morpholine rings is 1. The van der Waals surface area contributed by atoms with E-state index >= 15 is 0 Å². The van der Waals surface area contributed by atoms with Crippen molar-refractivity contribution in [3.63, 3.8) is 0 Å². The van der Waals surface area contributed by atoms with E-state index in [0.29, 0.717) is 12.4 Å². The molecule has 0 bridgehead atoms. The molecule has 1 amide bonds. The second-order valence-electron chi connectivity index (χ2n) is 8.40. The van der Waals surface area contributed by atoms with Gasteiger partial charge in [-0.25, -0.2) is 9.97 Å². The van der Waals surface area contributed by atoms with Crippen LogP contribution in [0.2, 0.25) is 0 Å². The zero-order valence-corrected chi connectivity index (χ0v) is 18.8. The smallest absolute Gasteiger partial charge is 0.219 e. The van der Waals surface area contributed by atoms with Crippen LogP contribution in [0, 0.1) is 0 Å². The van der Waals surface area contributed by atoms with Crippen molar-refractivity contribution in [1.29, 1.82) is 0 Å². The molecule has 3 aromatic rings. The second kappa shape index (κ2) is 9.68. The molecular weight excluding hydrogens is 418 g/mol. The van der Waals surface area contributed by atoms with Gasteiger partial charge in [0.05, 0.1) is 23.9 Å². The topological polar surface area (TPSA) is 95.5 Å². The molecule has 0 spiro atoms. The summed E-state index contributed by atoms with van der Waals surface area (Å²) in [5.41, 5.74) is 4.58. The van der Waals surface area contributed by atoms with E-state index in [4.69, 9.17) is 9.72 Å². The normalized spacial score (nSPS) is 19.0. The molecule has 2 aliphatic heterocycles. The summed E-state index contributed by atoms with van der Waals surface area (Å²) < 4.78 is 5.80. The van der Waals surface area contributed by atoms with Crippen molar-refractivity contribution in [2.24, 2.45) is 0 Å². The summed E-state index contributed by atoms with van der Waals surface area (Å²) >= 11 is 0. The van der Waals surface area contributed by atoms with E-state index in [-0.39, 0.29) is 12.0 Å². The van der Waals surface area contributed by atoms with E-state index < -0.39 is 0 Å². The van der Waals surface area contributed by atoms with Gasteiger partial charge in [-0.1, -0.05) is 12.1 Å². The Balaban J connectivity index is 1.35. The van der Waals surface area contributed by atoms with Crippen LogP contribution < -0.4 is 15.5 Å². The molecular formula is C24H29N7O2. The maximum Gasteiger partial charge on any atom is 0.219 e. The van der Waals surface area contributed by atoms with Crippen LogP contribution in [0.4, 0.5) is 11.5 Å². The third-order valence-corrected chi connectivity index (χ3v) is 6.21. The fraction of sp³-hybridized carbons (Fsp3) is 0.417. The van der Waals surface area contributed by atoms with Crippen molar-refractivity contribution in [2.45, 2.75) is 13.0 Å². The minimum Gasteiger partial charge on any atom is -0.374 e. The number of carbonyl (C=O) groups is 1. The molecule has 2 fully saturated rings. The Hall–Kier alpha value is -3.30. The highest BCUT2D eigenvalue weighted by molar-refractivity contribution is 5.88. The number of rotatable bonds is 5. The van der Waals surface area contributed by atoms with E-state index in [1.54, 1.807) is 19.3 Å². The molecule has 0 unspecified atom stereocenters. The lowest BCUT2D eigenvalue weighted by atomic mass is 10.1. The van der Waals surface area contributed by atoms with Crippen molar-refractivity contribution in [2.75, 3.05) is 62.6 Å². The third-order valence-electron chi connectivity index (χ3n) is 6.21. The Labute approximate surface area is 193 Å². The number of pyridine rings is 1. The molecule has 9 heteroatoms. The molecule has 0 saturated carbocycles. The van der Waals surface area contributed by atoms with E-state index in [1.807, 2.05) is 11.0 Å². The highest BCUT2D eigenvalue weighted by atomic mass is 16.5. The number of nitrogens with zero attached hydrogens (tertiary/aromatic N) is 5. The molecule has 2 saturated heterocycles. The Morgan fingerprint density at radius 2 is 1.94 bits per heavy atom. The molecule has 2 aliphatic rings. The molecule has 0 aliphatic carbocycles. The lowest BCUT2D eigenvalue weighted by Gasteiger charge is -2.35. The van der Waals surface area contributed by atoms with E-state index in [9.17, 15) is 4.79 Å². The zero-order chi connectivity index (χ0) is 22.6. The average molecular weight is 448 g/mol. The molecule has 0 radical (unpaired) electrons. The first kappa shape index (κ1) is 21.5. The van der Waals surface area contributed by atoms with Gasteiger partial charge >= 0.3 is 0 Å². The molecule has 172 valence electrons. The highest BCUT2D eigenvalue weighted by Crippen LogP contribution is 2.27. The van der Waals surface area contributed by atoms with Crippen molar-refractivity contribution >= 4 is 28.4 Å². The number of nitrogens with one attached hydrogen (secondary N) is 2. The van der Waals surface area contributed by atoms with Crippen LogP contribution in [0.3, 0.4) is 0 Å². The van der Waals surface area contributed by atoms with Crippen molar-refractivity contribution in [3.05, 3.63) is 42.7 Å². The number of fused-ring (bicyclic) bond motifs is 1. The lowest BCUT2D eigenvalue weighted by Crippen LogP contribution is -2.48.